The van der Waals surface area contributed by atoms with E-state index in [1.54, 1.807) is 4.90 Å². The number of hydrogen-bond acceptors (Lipinski definition) is 2. The molecule has 1 amide bonds. The molecule has 0 radical (unpaired) electrons. The Morgan fingerprint density at radius 3 is 2.75 bits per heavy atom. The van der Waals surface area contributed by atoms with E-state index >= 15 is 0 Å². The van der Waals surface area contributed by atoms with Gasteiger partial charge in [0.05, 0.1) is 11.6 Å². The summed E-state index contributed by atoms with van der Waals surface area (Å²) in [6, 6.07) is 5.87. The Morgan fingerprint density at radius 2 is 2.10 bits per heavy atom. The van der Waals surface area contributed by atoms with Crippen molar-refractivity contribution in [2.45, 2.75) is 33.6 Å². The minimum absolute atomic E-state index is 0.0544. The van der Waals surface area contributed by atoms with Crippen LogP contribution in [0.4, 0.5) is 5.69 Å². The van der Waals surface area contributed by atoms with Crippen molar-refractivity contribution in [3.63, 3.8) is 0 Å². The maximum atomic E-state index is 12.6. The van der Waals surface area contributed by atoms with Crippen molar-refractivity contribution in [1.82, 2.24) is 0 Å². The number of Topliss-reactive ketones (excluding diaryl/α,β-unsaturated/α-hetero) is 1. The van der Waals surface area contributed by atoms with E-state index in [1.807, 2.05) is 39.0 Å². The number of ketones is 1. The summed E-state index contributed by atoms with van der Waals surface area (Å²) >= 11 is 3.55. The lowest BCUT2D eigenvalue weighted by Gasteiger charge is -2.33. The third kappa shape index (κ3) is 2.80. The molecule has 20 heavy (non-hydrogen) atoms. The Bertz CT molecular complexity index is 539. The molecule has 1 aromatic rings. The number of piperidine rings is 1. The summed E-state index contributed by atoms with van der Waals surface area (Å²) in [4.78, 5) is 26.6. The van der Waals surface area contributed by atoms with Crippen molar-refractivity contribution in [1.29, 1.82) is 0 Å². The van der Waals surface area contributed by atoms with Crippen LogP contribution >= 0.6 is 15.9 Å². The van der Waals surface area contributed by atoms with Gasteiger partial charge in [-0.3, -0.25) is 9.59 Å². The molecule has 0 saturated carbocycles. The Hall–Kier alpha value is -1.16. The molecule has 0 aromatic heterocycles. The van der Waals surface area contributed by atoms with Crippen molar-refractivity contribution in [3.05, 3.63) is 28.2 Å². The number of hydrogen-bond donors (Lipinski definition) is 0. The van der Waals surface area contributed by atoms with Crippen LogP contribution < -0.4 is 4.90 Å². The van der Waals surface area contributed by atoms with Gasteiger partial charge in [-0.25, -0.2) is 0 Å². The summed E-state index contributed by atoms with van der Waals surface area (Å²) in [5, 5.41) is 0. The Morgan fingerprint density at radius 1 is 1.40 bits per heavy atom. The highest BCUT2D eigenvalue weighted by atomic mass is 79.9. The van der Waals surface area contributed by atoms with Gasteiger partial charge in [0.2, 0.25) is 5.91 Å². The predicted molar refractivity (Wildman–Crippen MR) is 83.8 cm³/mol. The maximum Gasteiger partial charge on any atom is 0.237 e. The van der Waals surface area contributed by atoms with Gasteiger partial charge in [0.15, 0.2) is 0 Å². The molecule has 1 fully saturated rings. The average molecular weight is 338 g/mol. The number of halogens is 1. The fourth-order valence-corrected chi connectivity index (χ4v) is 3.10. The molecule has 0 unspecified atom stereocenters. The van der Waals surface area contributed by atoms with Gasteiger partial charge in [-0.15, -0.1) is 0 Å². The monoisotopic (exact) mass is 337 g/mol. The third-order valence-corrected chi connectivity index (χ3v) is 4.84. The number of nitrogens with zero attached hydrogens (tertiary/aromatic N) is 1. The highest BCUT2D eigenvalue weighted by Gasteiger charge is 2.36. The Labute approximate surface area is 128 Å². The molecule has 1 saturated heterocycles. The van der Waals surface area contributed by atoms with Gasteiger partial charge >= 0.3 is 0 Å². The maximum absolute atomic E-state index is 12.6. The number of amides is 1. The summed E-state index contributed by atoms with van der Waals surface area (Å²) in [5.41, 5.74) is 1.96. The second kappa shape index (κ2) is 6.08. The van der Waals surface area contributed by atoms with E-state index < -0.39 is 5.92 Å². The van der Waals surface area contributed by atoms with Crippen molar-refractivity contribution >= 4 is 33.3 Å². The Balaban J connectivity index is 2.31. The fraction of sp³-hybridized carbons (Fsp3) is 0.500. The quantitative estimate of drug-likeness (QED) is 0.788. The second-order valence-corrected chi connectivity index (χ2v) is 6.44. The number of anilines is 1. The molecular weight excluding hydrogens is 318 g/mol. The van der Waals surface area contributed by atoms with Crippen LogP contribution in [-0.2, 0) is 9.59 Å². The summed E-state index contributed by atoms with van der Waals surface area (Å²) < 4.78 is 0.936. The van der Waals surface area contributed by atoms with E-state index in [9.17, 15) is 9.59 Å². The van der Waals surface area contributed by atoms with Crippen molar-refractivity contribution < 1.29 is 9.59 Å². The topological polar surface area (TPSA) is 37.4 Å². The zero-order chi connectivity index (χ0) is 14.9. The minimum atomic E-state index is -0.476. The van der Waals surface area contributed by atoms with E-state index in [0.29, 0.717) is 13.0 Å². The first kappa shape index (κ1) is 15.2. The first-order valence-electron chi connectivity index (χ1n) is 7.03. The minimum Gasteiger partial charge on any atom is -0.311 e. The van der Waals surface area contributed by atoms with Crippen molar-refractivity contribution in [2.75, 3.05) is 11.4 Å². The predicted octanol–water partition coefficient (Wildman–Crippen LogP) is 3.73. The molecule has 1 heterocycles. The molecule has 4 heteroatoms. The third-order valence-electron chi connectivity index (χ3n) is 3.81. The fourth-order valence-electron chi connectivity index (χ4n) is 2.62. The van der Waals surface area contributed by atoms with Gasteiger partial charge in [-0.05, 0) is 47.3 Å². The van der Waals surface area contributed by atoms with Gasteiger partial charge in [-0.2, -0.15) is 0 Å². The average Bonchev–Trinajstić information content (AvgIpc) is 2.42. The van der Waals surface area contributed by atoms with Gasteiger partial charge in [0.1, 0.15) is 5.78 Å². The van der Waals surface area contributed by atoms with Crippen LogP contribution in [0.3, 0.4) is 0 Å². The van der Waals surface area contributed by atoms with Gasteiger partial charge < -0.3 is 4.90 Å². The summed E-state index contributed by atoms with van der Waals surface area (Å²) in [7, 11) is 0. The van der Waals surface area contributed by atoms with E-state index in [-0.39, 0.29) is 17.6 Å². The highest BCUT2D eigenvalue weighted by molar-refractivity contribution is 9.10. The number of aryl methyl sites for hydroxylation is 1. The number of carbonyl (C=O) groups is 2. The molecule has 0 bridgehead atoms. The first-order valence-corrected chi connectivity index (χ1v) is 7.83. The molecule has 1 aliphatic heterocycles. The van der Waals surface area contributed by atoms with Crippen LogP contribution in [0, 0.1) is 18.8 Å². The lowest BCUT2D eigenvalue weighted by atomic mass is 9.87. The number of rotatable bonds is 3. The smallest absolute Gasteiger partial charge is 0.237 e. The molecule has 0 N–H and O–H groups in total. The van der Waals surface area contributed by atoms with Gasteiger partial charge in [0, 0.05) is 16.9 Å². The van der Waals surface area contributed by atoms with Gasteiger partial charge in [-0.1, -0.05) is 26.0 Å². The highest BCUT2D eigenvalue weighted by Crippen LogP contribution is 2.33. The molecule has 1 aromatic carbocycles. The van der Waals surface area contributed by atoms with E-state index in [2.05, 4.69) is 15.9 Å². The zero-order valence-corrected chi connectivity index (χ0v) is 13.7. The summed E-state index contributed by atoms with van der Waals surface area (Å²) in [5.74, 6) is -0.564. The molecule has 108 valence electrons. The van der Waals surface area contributed by atoms with Crippen LogP contribution in [0.15, 0.2) is 22.7 Å². The zero-order valence-electron chi connectivity index (χ0n) is 12.1. The first-order chi connectivity index (χ1) is 9.43. The van der Waals surface area contributed by atoms with Crippen LogP contribution in [0.1, 0.15) is 32.3 Å². The largest absolute Gasteiger partial charge is 0.311 e. The normalized spacial score (nSPS) is 19.6. The van der Waals surface area contributed by atoms with Crippen LogP contribution in [0.25, 0.3) is 0 Å². The second-order valence-electron chi connectivity index (χ2n) is 5.65. The standard InChI is InChI=1S/C16H20BrNO2/c1-10(2)15(19)12-7-5-9-18(16(12)20)13-8-4-6-11(3)14(13)17/h4,6,8,10,12H,5,7,9H2,1-3H3/t12-/m0/s1. The molecular formula is C16H20BrNO2. The molecule has 3 nitrogen and oxygen atoms in total. The molecule has 2 rings (SSSR count). The number of carbonyl (C=O) groups excluding carboxylic acids is 2. The molecule has 0 aliphatic carbocycles. The van der Waals surface area contributed by atoms with Gasteiger partial charge in [0.25, 0.3) is 0 Å². The molecule has 0 spiro atoms. The van der Waals surface area contributed by atoms with Crippen LogP contribution in [0.2, 0.25) is 0 Å². The molecule has 1 atom stereocenters. The lowest BCUT2D eigenvalue weighted by molar-refractivity contribution is -0.135. The summed E-state index contributed by atoms with van der Waals surface area (Å²) in [6.45, 7) is 6.40. The summed E-state index contributed by atoms with van der Waals surface area (Å²) in [6.07, 6.45) is 1.55. The van der Waals surface area contributed by atoms with Crippen LogP contribution in [-0.4, -0.2) is 18.2 Å². The van der Waals surface area contributed by atoms with E-state index in [0.717, 1.165) is 22.1 Å². The van der Waals surface area contributed by atoms with Crippen molar-refractivity contribution in [3.8, 4) is 0 Å². The molecule has 1 aliphatic rings. The number of benzene rings is 1. The van der Waals surface area contributed by atoms with E-state index in [1.165, 1.54) is 0 Å². The van der Waals surface area contributed by atoms with Crippen LogP contribution in [0.5, 0.6) is 0 Å². The van der Waals surface area contributed by atoms with Crippen molar-refractivity contribution in [2.24, 2.45) is 11.8 Å². The SMILES string of the molecule is Cc1cccc(N2CCC[C@@H](C(=O)C(C)C)C2=O)c1Br. The Kier molecular flexibility index (Phi) is 4.63. The lowest BCUT2D eigenvalue weighted by Crippen LogP contribution is -2.45. The van der Waals surface area contributed by atoms with E-state index in [4.69, 9.17) is 0 Å².